The summed E-state index contributed by atoms with van der Waals surface area (Å²) in [6.07, 6.45) is 1.97. The van der Waals surface area contributed by atoms with E-state index in [4.69, 9.17) is 0 Å². The van der Waals surface area contributed by atoms with Gasteiger partial charge in [-0.2, -0.15) is 0 Å². The molecule has 0 aliphatic heterocycles. The van der Waals surface area contributed by atoms with Crippen LogP contribution in [-0.4, -0.2) is 9.55 Å². The van der Waals surface area contributed by atoms with E-state index in [9.17, 15) is 4.39 Å². The van der Waals surface area contributed by atoms with Crippen molar-refractivity contribution in [3.63, 3.8) is 0 Å². The lowest BCUT2D eigenvalue weighted by Crippen LogP contribution is -2.02. The Morgan fingerprint density at radius 1 is 1.35 bits per heavy atom. The van der Waals surface area contributed by atoms with Crippen molar-refractivity contribution in [1.29, 1.82) is 0 Å². The van der Waals surface area contributed by atoms with Crippen molar-refractivity contribution in [3.8, 4) is 0 Å². The number of nitrogens with zero attached hydrogens (tertiary/aromatic N) is 2. The first-order chi connectivity index (χ1) is 8.10. The maximum Gasteiger partial charge on any atom is 0.207 e. The van der Waals surface area contributed by atoms with Gasteiger partial charge in [0.1, 0.15) is 5.82 Å². The maximum atomic E-state index is 13.2. The van der Waals surface area contributed by atoms with E-state index >= 15 is 0 Å². The van der Waals surface area contributed by atoms with Gasteiger partial charge >= 0.3 is 0 Å². The van der Waals surface area contributed by atoms with E-state index in [-0.39, 0.29) is 5.82 Å². The van der Waals surface area contributed by atoms with Gasteiger partial charge in [0.05, 0.1) is 5.69 Å². The molecular formula is C13H16FN3. The topological polar surface area (TPSA) is 29.9 Å². The van der Waals surface area contributed by atoms with Crippen molar-refractivity contribution in [2.45, 2.75) is 27.3 Å². The Morgan fingerprint density at radius 2 is 2.12 bits per heavy atom. The van der Waals surface area contributed by atoms with Gasteiger partial charge in [-0.05, 0) is 38.5 Å². The van der Waals surface area contributed by atoms with Crippen LogP contribution in [0.2, 0.25) is 0 Å². The van der Waals surface area contributed by atoms with Gasteiger partial charge in [-0.1, -0.05) is 6.07 Å². The molecule has 4 heteroatoms. The van der Waals surface area contributed by atoms with E-state index in [0.29, 0.717) is 0 Å². The lowest BCUT2D eigenvalue weighted by atomic mass is 10.2. The van der Waals surface area contributed by atoms with Crippen molar-refractivity contribution in [1.82, 2.24) is 9.55 Å². The molecule has 1 N–H and O–H groups in total. The van der Waals surface area contributed by atoms with Crippen LogP contribution in [0, 0.1) is 19.7 Å². The van der Waals surface area contributed by atoms with Crippen molar-refractivity contribution in [2.24, 2.45) is 0 Å². The van der Waals surface area contributed by atoms with Crippen molar-refractivity contribution >= 4 is 11.6 Å². The minimum atomic E-state index is -0.246. The first kappa shape index (κ1) is 11.6. The number of hydrogen-bond donors (Lipinski definition) is 1. The van der Waals surface area contributed by atoms with Gasteiger partial charge < -0.3 is 9.88 Å². The summed E-state index contributed by atoms with van der Waals surface area (Å²) in [6.45, 7) is 6.76. The van der Waals surface area contributed by atoms with Crippen LogP contribution in [0.3, 0.4) is 0 Å². The monoisotopic (exact) mass is 233 g/mol. The fourth-order valence-electron chi connectivity index (χ4n) is 1.74. The van der Waals surface area contributed by atoms with Crippen molar-refractivity contribution < 1.29 is 4.39 Å². The summed E-state index contributed by atoms with van der Waals surface area (Å²) >= 11 is 0. The highest BCUT2D eigenvalue weighted by atomic mass is 19.1. The Labute approximate surface area is 100 Å². The average molecular weight is 233 g/mol. The number of anilines is 2. The van der Waals surface area contributed by atoms with E-state index in [2.05, 4.69) is 10.3 Å². The van der Waals surface area contributed by atoms with Crippen molar-refractivity contribution in [2.75, 3.05) is 5.32 Å². The molecule has 0 aliphatic carbocycles. The number of imidazole rings is 1. The predicted octanol–water partition coefficient (Wildman–Crippen LogP) is 3.40. The third-order valence-electron chi connectivity index (χ3n) is 2.68. The lowest BCUT2D eigenvalue weighted by Gasteiger charge is -2.10. The Kier molecular flexibility index (Phi) is 3.13. The zero-order valence-electron chi connectivity index (χ0n) is 10.3. The van der Waals surface area contributed by atoms with Crippen LogP contribution in [0.15, 0.2) is 24.4 Å². The quantitative estimate of drug-likeness (QED) is 0.880. The molecule has 0 radical (unpaired) electrons. The van der Waals surface area contributed by atoms with Crippen LogP contribution in [0.4, 0.5) is 16.0 Å². The average Bonchev–Trinajstić information content (AvgIpc) is 2.64. The summed E-state index contributed by atoms with van der Waals surface area (Å²) in [7, 11) is 0. The minimum absolute atomic E-state index is 0.246. The van der Waals surface area contributed by atoms with E-state index < -0.39 is 0 Å². The molecule has 2 rings (SSSR count). The molecule has 0 atom stereocenters. The predicted molar refractivity (Wildman–Crippen MR) is 67.1 cm³/mol. The number of nitrogens with one attached hydrogen (secondary N) is 1. The number of rotatable bonds is 3. The fraction of sp³-hybridized carbons (Fsp3) is 0.308. The minimum Gasteiger partial charge on any atom is -0.325 e. The standard InChI is InChI=1S/C13H16FN3/c1-4-17-8-10(3)15-13(17)16-12-7-11(14)6-5-9(12)2/h5-8H,4H2,1-3H3,(H,15,16). The molecular weight excluding hydrogens is 217 g/mol. The lowest BCUT2D eigenvalue weighted by molar-refractivity contribution is 0.628. The molecule has 2 aromatic rings. The smallest absolute Gasteiger partial charge is 0.207 e. The Balaban J connectivity index is 2.33. The summed E-state index contributed by atoms with van der Waals surface area (Å²) in [5.74, 6) is 0.503. The molecule has 0 saturated heterocycles. The zero-order valence-corrected chi connectivity index (χ0v) is 10.3. The van der Waals surface area contributed by atoms with E-state index in [0.717, 1.165) is 29.4 Å². The maximum absolute atomic E-state index is 13.2. The van der Waals surface area contributed by atoms with Gasteiger partial charge in [-0.15, -0.1) is 0 Å². The molecule has 0 bridgehead atoms. The molecule has 0 amide bonds. The molecule has 1 aromatic carbocycles. The molecule has 0 fully saturated rings. The Bertz CT molecular complexity index is 531. The third-order valence-corrected chi connectivity index (χ3v) is 2.68. The molecule has 0 saturated carbocycles. The van der Waals surface area contributed by atoms with Crippen LogP contribution < -0.4 is 5.32 Å². The van der Waals surface area contributed by atoms with Crippen LogP contribution >= 0.6 is 0 Å². The summed E-state index contributed by atoms with van der Waals surface area (Å²) in [4.78, 5) is 4.38. The Hall–Kier alpha value is -1.84. The number of benzene rings is 1. The number of hydrogen-bond acceptors (Lipinski definition) is 2. The first-order valence-electron chi connectivity index (χ1n) is 5.67. The van der Waals surface area contributed by atoms with Crippen LogP contribution in [0.25, 0.3) is 0 Å². The molecule has 0 spiro atoms. The van der Waals surface area contributed by atoms with Crippen LogP contribution in [0.5, 0.6) is 0 Å². The summed E-state index contributed by atoms with van der Waals surface area (Å²) < 4.78 is 15.2. The Morgan fingerprint density at radius 3 is 2.82 bits per heavy atom. The highest BCUT2D eigenvalue weighted by Crippen LogP contribution is 2.21. The highest BCUT2D eigenvalue weighted by Gasteiger charge is 2.06. The number of halogens is 1. The molecule has 3 nitrogen and oxygen atoms in total. The normalized spacial score (nSPS) is 10.6. The van der Waals surface area contributed by atoms with Gasteiger partial charge in [0.2, 0.25) is 5.95 Å². The molecule has 1 heterocycles. The zero-order chi connectivity index (χ0) is 12.4. The van der Waals surface area contributed by atoms with E-state index in [1.165, 1.54) is 12.1 Å². The molecule has 17 heavy (non-hydrogen) atoms. The van der Waals surface area contributed by atoms with Crippen molar-refractivity contribution in [3.05, 3.63) is 41.5 Å². The van der Waals surface area contributed by atoms with E-state index in [1.807, 2.05) is 31.5 Å². The summed E-state index contributed by atoms with van der Waals surface area (Å²) in [5, 5.41) is 3.17. The second kappa shape index (κ2) is 4.57. The van der Waals surface area contributed by atoms with Crippen LogP contribution in [0.1, 0.15) is 18.2 Å². The van der Waals surface area contributed by atoms with E-state index in [1.54, 1.807) is 6.07 Å². The SMILES string of the molecule is CCn1cc(C)nc1Nc1cc(F)ccc1C. The van der Waals surface area contributed by atoms with Gasteiger partial charge in [-0.25, -0.2) is 9.37 Å². The van der Waals surface area contributed by atoms with Gasteiger partial charge in [0.25, 0.3) is 0 Å². The number of aryl methyl sites for hydroxylation is 3. The third kappa shape index (κ3) is 2.46. The highest BCUT2D eigenvalue weighted by molar-refractivity contribution is 5.58. The molecule has 90 valence electrons. The second-order valence-corrected chi connectivity index (χ2v) is 4.08. The fourth-order valence-corrected chi connectivity index (χ4v) is 1.74. The van der Waals surface area contributed by atoms with Crippen LogP contribution in [-0.2, 0) is 6.54 Å². The van der Waals surface area contributed by atoms with Gasteiger partial charge in [0.15, 0.2) is 0 Å². The molecule has 1 aromatic heterocycles. The van der Waals surface area contributed by atoms with Gasteiger partial charge in [0, 0.05) is 18.4 Å². The molecule has 0 aliphatic rings. The van der Waals surface area contributed by atoms with Gasteiger partial charge in [-0.3, -0.25) is 0 Å². The summed E-state index contributed by atoms with van der Waals surface area (Å²) in [5.41, 5.74) is 2.70. The second-order valence-electron chi connectivity index (χ2n) is 4.08. The first-order valence-corrected chi connectivity index (χ1v) is 5.67. The number of aromatic nitrogens is 2. The molecule has 0 unspecified atom stereocenters. The summed E-state index contributed by atoms with van der Waals surface area (Å²) in [6, 6.07) is 4.70. The largest absolute Gasteiger partial charge is 0.325 e.